The van der Waals surface area contributed by atoms with Gasteiger partial charge in [0, 0.05) is 21.4 Å². The summed E-state index contributed by atoms with van der Waals surface area (Å²) in [6.07, 6.45) is 0.686. The van der Waals surface area contributed by atoms with E-state index in [1.165, 1.54) is 11.8 Å². The van der Waals surface area contributed by atoms with Gasteiger partial charge in [-0.05, 0) is 6.42 Å². The molecule has 0 amide bonds. The van der Waals surface area contributed by atoms with E-state index >= 15 is 0 Å². The van der Waals surface area contributed by atoms with Gasteiger partial charge in [0.1, 0.15) is 0 Å². The number of ketones is 2. The molecule has 0 unspecified atom stereocenters. The molecule has 0 radical (unpaired) electrons. The van der Waals surface area contributed by atoms with Crippen molar-refractivity contribution >= 4 is 23.3 Å². The molecular formula is C14H12O2S. The van der Waals surface area contributed by atoms with Gasteiger partial charge in [0.25, 0.3) is 0 Å². The fraction of sp³-hybridized carbons (Fsp3) is 0.286. The van der Waals surface area contributed by atoms with Crippen LogP contribution < -0.4 is 0 Å². The SMILES string of the molecule is CC1(C)CC2=C(S1)C(=O)c1ccccc1C2=O. The largest absolute Gasteiger partial charge is 0.289 e. The predicted molar refractivity (Wildman–Crippen MR) is 68.4 cm³/mol. The normalized spacial score (nSPS) is 21.5. The van der Waals surface area contributed by atoms with Crippen molar-refractivity contribution in [2.75, 3.05) is 0 Å². The predicted octanol–water partition coefficient (Wildman–Crippen LogP) is 3.24. The Hall–Kier alpha value is -1.35. The number of carbonyl (C=O) groups is 2. The fourth-order valence-corrected chi connectivity index (χ4v) is 3.67. The van der Waals surface area contributed by atoms with Crippen LogP contribution >= 0.6 is 11.8 Å². The van der Waals surface area contributed by atoms with Crippen molar-refractivity contribution in [2.24, 2.45) is 0 Å². The van der Waals surface area contributed by atoms with Gasteiger partial charge in [-0.25, -0.2) is 0 Å². The highest BCUT2D eigenvalue weighted by molar-refractivity contribution is 8.05. The van der Waals surface area contributed by atoms with Crippen LogP contribution in [0.15, 0.2) is 34.7 Å². The lowest BCUT2D eigenvalue weighted by atomic mass is 9.86. The second kappa shape index (κ2) is 3.33. The van der Waals surface area contributed by atoms with Crippen molar-refractivity contribution in [1.29, 1.82) is 0 Å². The van der Waals surface area contributed by atoms with Gasteiger partial charge in [-0.2, -0.15) is 0 Å². The first kappa shape index (κ1) is 10.8. The Morgan fingerprint density at radius 1 is 1.06 bits per heavy atom. The van der Waals surface area contributed by atoms with E-state index in [2.05, 4.69) is 13.8 Å². The van der Waals surface area contributed by atoms with E-state index in [1.807, 2.05) is 6.07 Å². The van der Waals surface area contributed by atoms with Crippen LogP contribution in [0.1, 0.15) is 41.0 Å². The maximum Gasteiger partial charge on any atom is 0.200 e. The van der Waals surface area contributed by atoms with E-state index in [-0.39, 0.29) is 16.3 Å². The number of Topliss-reactive ketones (excluding diaryl/α,β-unsaturated/α-hetero) is 2. The Morgan fingerprint density at radius 2 is 1.65 bits per heavy atom. The Balaban J connectivity index is 2.18. The zero-order valence-electron chi connectivity index (χ0n) is 9.74. The maximum atomic E-state index is 12.3. The summed E-state index contributed by atoms with van der Waals surface area (Å²) in [7, 11) is 0. The lowest BCUT2D eigenvalue weighted by Crippen LogP contribution is -2.18. The van der Waals surface area contributed by atoms with Crippen LogP contribution in [0.25, 0.3) is 0 Å². The molecular weight excluding hydrogens is 232 g/mol. The first-order valence-electron chi connectivity index (χ1n) is 5.60. The summed E-state index contributed by atoms with van der Waals surface area (Å²) >= 11 is 1.54. The molecule has 1 aromatic rings. The third-order valence-electron chi connectivity index (χ3n) is 3.15. The van der Waals surface area contributed by atoms with E-state index in [4.69, 9.17) is 0 Å². The molecule has 0 aromatic heterocycles. The topological polar surface area (TPSA) is 34.1 Å². The Kier molecular flexibility index (Phi) is 2.11. The number of carbonyl (C=O) groups excluding carboxylic acids is 2. The molecule has 0 spiro atoms. The zero-order valence-corrected chi connectivity index (χ0v) is 10.6. The molecule has 1 aliphatic heterocycles. The van der Waals surface area contributed by atoms with Gasteiger partial charge in [-0.1, -0.05) is 38.1 Å². The number of fused-ring (bicyclic) bond motifs is 1. The van der Waals surface area contributed by atoms with Crippen LogP contribution in [-0.2, 0) is 0 Å². The molecule has 3 heteroatoms. The van der Waals surface area contributed by atoms with Crippen LogP contribution in [0.4, 0.5) is 0 Å². The monoisotopic (exact) mass is 244 g/mol. The average Bonchev–Trinajstić information content (AvgIpc) is 2.63. The van der Waals surface area contributed by atoms with Crippen molar-refractivity contribution in [2.45, 2.75) is 25.0 Å². The lowest BCUT2D eigenvalue weighted by molar-refractivity contribution is 0.0979. The molecule has 0 atom stereocenters. The molecule has 0 N–H and O–H groups in total. The second-order valence-electron chi connectivity index (χ2n) is 5.05. The van der Waals surface area contributed by atoms with E-state index in [1.54, 1.807) is 18.2 Å². The molecule has 3 rings (SSSR count). The second-order valence-corrected chi connectivity index (χ2v) is 6.77. The van der Waals surface area contributed by atoms with Crippen LogP contribution in [0.3, 0.4) is 0 Å². The first-order chi connectivity index (χ1) is 7.99. The molecule has 1 heterocycles. The minimum Gasteiger partial charge on any atom is -0.289 e. The van der Waals surface area contributed by atoms with Crippen molar-refractivity contribution in [3.05, 3.63) is 45.9 Å². The molecule has 0 saturated carbocycles. The quantitative estimate of drug-likeness (QED) is 0.702. The number of benzene rings is 1. The molecule has 1 aliphatic carbocycles. The first-order valence-corrected chi connectivity index (χ1v) is 6.42. The highest BCUT2D eigenvalue weighted by Crippen LogP contribution is 2.49. The number of hydrogen-bond acceptors (Lipinski definition) is 3. The summed E-state index contributed by atoms with van der Waals surface area (Å²) in [4.78, 5) is 25.3. The van der Waals surface area contributed by atoms with Crippen molar-refractivity contribution in [3.63, 3.8) is 0 Å². The van der Waals surface area contributed by atoms with Crippen molar-refractivity contribution < 1.29 is 9.59 Å². The minimum atomic E-state index is -0.0436. The van der Waals surface area contributed by atoms with E-state index in [0.717, 1.165) is 0 Å². The molecule has 1 aromatic carbocycles. The molecule has 86 valence electrons. The average molecular weight is 244 g/mol. The van der Waals surface area contributed by atoms with Gasteiger partial charge in [0.15, 0.2) is 5.78 Å². The van der Waals surface area contributed by atoms with Gasteiger partial charge < -0.3 is 0 Å². The van der Waals surface area contributed by atoms with Crippen LogP contribution in [-0.4, -0.2) is 16.3 Å². The Labute approximate surface area is 104 Å². The van der Waals surface area contributed by atoms with Crippen LogP contribution in [0, 0.1) is 0 Å². The Bertz CT molecular complexity index is 533. The van der Waals surface area contributed by atoms with E-state index in [0.29, 0.717) is 28.0 Å². The summed E-state index contributed by atoms with van der Waals surface area (Å²) in [6.45, 7) is 4.14. The molecule has 2 nitrogen and oxygen atoms in total. The fourth-order valence-electron chi connectivity index (χ4n) is 2.41. The molecule has 2 aliphatic rings. The highest BCUT2D eigenvalue weighted by atomic mass is 32.2. The summed E-state index contributed by atoms with van der Waals surface area (Å²) in [5.74, 6) is 0.0547. The number of rotatable bonds is 0. The number of allylic oxidation sites excluding steroid dienone is 2. The zero-order chi connectivity index (χ0) is 12.2. The summed E-state index contributed by atoms with van der Waals surface area (Å²) < 4.78 is -0.0436. The van der Waals surface area contributed by atoms with Gasteiger partial charge in [-0.15, -0.1) is 11.8 Å². The lowest BCUT2D eigenvalue weighted by Gasteiger charge is -2.15. The summed E-state index contributed by atoms with van der Waals surface area (Å²) in [5.41, 5.74) is 1.83. The third-order valence-corrected chi connectivity index (χ3v) is 4.48. The molecule has 0 fully saturated rings. The van der Waals surface area contributed by atoms with Crippen molar-refractivity contribution in [1.82, 2.24) is 0 Å². The molecule has 0 bridgehead atoms. The Morgan fingerprint density at radius 3 is 2.29 bits per heavy atom. The number of hydrogen-bond donors (Lipinski definition) is 0. The standard InChI is InChI=1S/C14H12O2S/c1-14(2)7-10-11(15)8-5-3-4-6-9(8)12(16)13(10)17-14/h3-6H,7H2,1-2H3. The van der Waals surface area contributed by atoms with Gasteiger partial charge in [0.2, 0.25) is 5.78 Å². The summed E-state index contributed by atoms with van der Waals surface area (Å²) in [5, 5.41) is 0. The van der Waals surface area contributed by atoms with Gasteiger partial charge in [-0.3, -0.25) is 9.59 Å². The maximum absolute atomic E-state index is 12.3. The van der Waals surface area contributed by atoms with Crippen LogP contribution in [0.2, 0.25) is 0 Å². The van der Waals surface area contributed by atoms with Crippen LogP contribution in [0.5, 0.6) is 0 Å². The highest BCUT2D eigenvalue weighted by Gasteiger charge is 2.42. The van der Waals surface area contributed by atoms with E-state index < -0.39 is 0 Å². The number of thioether (sulfide) groups is 1. The van der Waals surface area contributed by atoms with Gasteiger partial charge in [0.05, 0.1) is 4.91 Å². The van der Waals surface area contributed by atoms with Gasteiger partial charge >= 0.3 is 0 Å². The summed E-state index contributed by atoms with van der Waals surface area (Å²) in [6, 6.07) is 7.10. The molecule has 0 saturated heterocycles. The third kappa shape index (κ3) is 1.49. The molecule has 17 heavy (non-hydrogen) atoms. The smallest absolute Gasteiger partial charge is 0.200 e. The van der Waals surface area contributed by atoms with E-state index in [9.17, 15) is 9.59 Å². The van der Waals surface area contributed by atoms with Crippen molar-refractivity contribution in [3.8, 4) is 0 Å². The minimum absolute atomic E-state index is 0.0192.